The molecule has 0 aromatic heterocycles. The zero-order valence-corrected chi connectivity index (χ0v) is 44.3. The summed E-state index contributed by atoms with van der Waals surface area (Å²) >= 11 is 0. The summed E-state index contributed by atoms with van der Waals surface area (Å²) in [5.74, 6) is -1.10. The normalized spacial score (nSPS) is 11.5. The Hall–Kier alpha value is -2.32. The summed E-state index contributed by atoms with van der Waals surface area (Å²) in [5.41, 5.74) is -1.42. The molecular weight excluding hydrogens is 825 g/mol. The summed E-state index contributed by atoms with van der Waals surface area (Å²) < 4.78 is 17.4. The first kappa shape index (κ1) is 63.7. The van der Waals surface area contributed by atoms with Crippen molar-refractivity contribution in [2.24, 2.45) is 0 Å². The molecule has 0 spiro atoms. The van der Waals surface area contributed by atoms with E-state index in [1.165, 1.54) is 193 Å². The minimum Gasteiger partial charge on any atom is -0.463 e. The second kappa shape index (κ2) is 50.6. The Labute approximate surface area is 408 Å². The van der Waals surface area contributed by atoms with Crippen LogP contribution in [-0.2, 0) is 28.6 Å². The Morgan fingerprint density at radius 1 is 0.303 bits per heavy atom. The second-order valence-electron chi connectivity index (χ2n) is 20.0. The van der Waals surface area contributed by atoms with E-state index in [1.54, 1.807) is 0 Å². The summed E-state index contributed by atoms with van der Waals surface area (Å²) in [7, 11) is 0. The molecule has 0 radical (unpaired) electrons. The molecule has 9 heteroatoms. The van der Waals surface area contributed by atoms with Gasteiger partial charge in [-0.25, -0.2) is 4.79 Å². The molecule has 0 fully saturated rings. The van der Waals surface area contributed by atoms with E-state index in [-0.39, 0.29) is 57.0 Å². The summed E-state index contributed by atoms with van der Waals surface area (Å²) in [5, 5.41) is 5.80. The quantitative estimate of drug-likeness (QED) is 0.0354. The first-order valence-electron chi connectivity index (χ1n) is 28.8. The number of unbranched alkanes of at least 4 members (excludes halogenated alkanes) is 37. The fourth-order valence-electron chi connectivity index (χ4n) is 8.63. The molecule has 0 heterocycles. The van der Waals surface area contributed by atoms with Crippen molar-refractivity contribution in [1.82, 2.24) is 10.6 Å². The average molecular weight is 936 g/mol. The number of nitrogens with one attached hydrogen (secondary N) is 2. The van der Waals surface area contributed by atoms with Crippen molar-refractivity contribution in [3.8, 4) is 0 Å². The SMILES string of the molecule is CCCCCCCCCCCCCCCC(=O)OCC(COC(=O)CCCCCCCCCCCCCCC)(COC(=O)CCCCCCCCCCCCCCC)NC(=O)NCCCC. The van der Waals surface area contributed by atoms with Gasteiger partial charge in [0.25, 0.3) is 0 Å². The van der Waals surface area contributed by atoms with Crippen LogP contribution in [-0.4, -0.2) is 55.8 Å². The number of hydrogen-bond acceptors (Lipinski definition) is 7. The van der Waals surface area contributed by atoms with Crippen LogP contribution >= 0.6 is 0 Å². The molecule has 0 aromatic rings. The number of carbonyl (C=O) groups excluding carboxylic acids is 4. The summed E-state index contributed by atoms with van der Waals surface area (Å²) in [6, 6.07) is -0.476. The van der Waals surface area contributed by atoms with Gasteiger partial charge in [0.05, 0.1) is 0 Å². The highest BCUT2D eigenvalue weighted by Gasteiger charge is 2.37. The highest BCUT2D eigenvalue weighted by Crippen LogP contribution is 2.18. The zero-order chi connectivity index (χ0) is 48.3. The van der Waals surface area contributed by atoms with Gasteiger partial charge in [0.15, 0.2) is 0 Å². The van der Waals surface area contributed by atoms with Crippen LogP contribution in [0, 0.1) is 0 Å². The largest absolute Gasteiger partial charge is 0.463 e. The topological polar surface area (TPSA) is 120 Å². The van der Waals surface area contributed by atoms with Crippen molar-refractivity contribution in [2.75, 3.05) is 26.4 Å². The van der Waals surface area contributed by atoms with Gasteiger partial charge in [-0.1, -0.05) is 265 Å². The van der Waals surface area contributed by atoms with Crippen molar-refractivity contribution < 1.29 is 33.4 Å². The third kappa shape index (κ3) is 45.5. The maximum absolute atomic E-state index is 13.2. The van der Waals surface area contributed by atoms with Gasteiger partial charge in [0.1, 0.15) is 25.4 Å². The lowest BCUT2D eigenvalue weighted by molar-refractivity contribution is -0.156. The molecule has 0 bridgehead atoms. The number of rotatable bonds is 52. The number of hydrogen-bond donors (Lipinski definition) is 2. The number of ether oxygens (including phenoxy) is 3. The molecule has 0 saturated carbocycles. The van der Waals surface area contributed by atoms with E-state index >= 15 is 0 Å². The highest BCUT2D eigenvalue weighted by molar-refractivity contribution is 5.76. The lowest BCUT2D eigenvalue weighted by atomic mass is 10.0. The molecule has 2 N–H and O–H groups in total. The highest BCUT2D eigenvalue weighted by atomic mass is 16.6. The first-order chi connectivity index (χ1) is 32.3. The number of amides is 2. The van der Waals surface area contributed by atoms with Crippen LogP contribution in [0.2, 0.25) is 0 Å². The van der Waals surface area contributed by atoms with Gasteiger partial charge >= 0.3 is 23.9 Å². The first-order valence-corrected chi connectivity index (χ1v) is 28.8. The molecule has 66 heavy (non-hydrogen) atoms. The van der Waals surface area contributed by atoms with Gasteiger partial charge in [-0.3, -0.25) is 14.4 Å². The molecule has 0 aliphatic carbocycles. The van der Waals surface area contributed by atoms with Crippen molar-refractivity contribution in [1.29, 1.82) is 0 Å². The zero-order valence-electron chi connectivity index (χ0n) is 44.3. The fourth-order valence-corrected chi connectivity index (χ4v) is 8.63. The lowest BCUT2D eigenvalue weighted by Gasteiger charge is -2.33. The van der Waals surface area contributed by atoms with Crippen LogP contribution in [0.3, 0.4) is 0 Å². The Balaban J connectivity index is 5.13. The molecule has 9 nitrogen and oxygen atoms in total. The van der Waals surface area contributed by atoms with E-state index in [2.05, 4.69) is 31.4 Å². The number of urea groups is 1. The second-order valence-corrected chi connectivity index (χ2v) is 20.0. The summed E-state index contributed by atoms with van der Waals surface area (Å²) in [6.45, 7) is 8.51. The number of carbonyl (C=O) groups is 4. The van der Waals surface area contributed by atoms with Gasteiger partial charge < -0.3 is 24.8 Å². The van der Waals surface area contributed by atoms with Crippen LogP contribution in [0.1, 0.15) is 310 Å². The van der Waals surface area contributed by atoms with Crippen LogP contribution in [0.15, 0.2) is 0 Å². The molecule has 390 valence electrons. The predicted molar refractivity (Wildman–Crippen MR) is 278 cm³/mol. The standard InChI is InChI=1S/C57H110N2O7/c1-5-9-13-16-19-22-25-28-31-34-37-40-43-46-53(60)64-50-57(59-56(63)58-49-12-8-4,51-65-54(61)47-44-41-38-35-32-29-26-23-20-17-14-10-6-2)52-66-55(62)48-45-42-39-36-33-30-27-24-21-18-15-11-7-3/h5-52H2,1-4H3,(H2,58,59,63). The van der Waals surface area contributed by atoms with Gasteiger partial charge in [-0.2, -0.15) is 0 Å². The fraction of sp³-hybridized carbons (Fsp3) is 0.930. The maximum Gasteiger partial charge on any atom is 0.315 e. The van der Waals surface area contributed by atoms with E-state index in [1.807, 2.05) is 6.92 Å². The number of esters is 3. The molecule has 2 amide bonds. The van der Waals surface area contributed by atoms with Crippen molar-refractivity contribution >= 4 is 23.9 Å². The minimum atomic E-state index is -1.42. The Bertz CT molecular complexity index is 973. The van der Waals surface area contributed by atoms with E-state index in [0.717, 1.165) is 70.6 Å². The molecule has 0 aliphatic heterocycles. The molecule has 0 atom stereocenters. The maximum atomic E-state index is 13.2. The minimum absolute atomic E-state index is 0.260. The van der Waals surface area contributed by atoms with E-state index in [4.69, 9.17) is 14.2 Å². The van der Waals surface area contributed by atoms with Gasteiger partial charge in [0.2, 0.25) is 0 Å². The molecule has 0 rings (SSSR count). The summed E-state index contributed by atoms with van der Waals surface area (Å²) in [6.07, 6.45) is 50.1. The van der Waals surface area contributed by atoms with Crippen LogP contribution in [0.25, 0.3) is 0 Å². The van der Waals surface area contributed by atoms with E-state index < -0.39 is 11.6 Å². The Morgan fingerprint density at radius 2 is 0.515 bits per heavy atom. The van der Waals surface area contributed by atoms with Crippen LogP contribution < -0.4 is 10.6 Å². The van der Waals surface area contributed by atoms with Gasteiger partial charge in [-0.05, 0) is 25.7 Å². The van der Waals surface area contributed by atoms with E-state index in [0.29, 0.717) is 6.54 Å². The average Bonchev–Trinajstić information content (AvgIpc) is 3.31. The smallest absolute Gasteiger partial charge is 0.315 e. The molecular formula is C57H110N2O7. The van der Waals surface area contributed by atoms with Gasteiger partial charge in [-0.15, -0.1) is 0 Å². The lowest BCUT2D eigenvalue weighted by Crippen LogP contribution is -2.61. The Kier molecular flexibility index (Phi) is 48.8. The molecule has 0 aliphatic rings. The monoisotopic (exact) mass is 935 g/mol. The van der Waals surface area contributed by atoms with Crippen LogP contribution in [0.5, 0.6) is 0 Å². The third-order valence-electron chi connectivity index (χ3n) is 13.2. The predicted octanol–water partition coefficient (Wildman–Crippen LogP) is 16.9. The van der Waals surface area contributed by atoms with Crippen molar-refractivity contribution in [3.05, 3.63) is 0 Å². The van der Waals surface area contributed by atoms with Crippen LogP contribution in [0.4, 0.5) is 4.79 Å². The van der Waals surface area contributed by atoms with Crippen molar-refractivity contribution in [3.63, 3.8) is 0 Å². The summed E-state index contributed by atoms with van der Waals surface area (Å²) in [4.78, 5) is 52.5. The molecule has 0 saturated heterocycles. The molecule has 0 unspecified atom stereocenters. The Morgan fingerprint density at radius 3 is 0.742 bits per heavy atom. The van der Waals surface area contributed by atoms with E-state index in [9.17, 15) is 19.2 Å². The third-order valence-corrected chi connectivity index (χ3v) is 13.2. The van der Waals surface area contributed by atoms with Gasteiger partial charge in [0, 0.05) is 25.8 Å². The molecule has 0 aromatic carbocycles. The van der Waals surface area contributed by atoms with Crippen molar-refractivity contribution in [2.45, 2.75) is 316 Å².